The molecule has 0 bridgehead atoms. The van der Waals surface area contributed by atoms with Gasteiger partial charge in [-0.3, -0.25) is 0 Å². The second-order valence-corrected chi connectivity index (χ2v) is 26.9. The van der Waals surface area contributed by atoms with Crippen molar-refractivity contribution in [3.63, 3.8) is 0 Å². The number of hydrogen-bond donors (Lipinski definition) is 0. The zero-order valence-electron chi connectivity index (χ0n) is 35.5. The van der Waals surface area contributed by atoms with E-state index in [1.807, 2.05) is 0 Å². The molecular formula is C52H64Cl2SiZr-2. The molecule has 0 radical (unpaired) electrons. The van der Waals surface area contributed by atoms with Crippen molar-refractivity contribution in [3.05, 3.63) is 129 Å². The third-order valence-electron chi connectivity index (χ3n) is 11.6. The largest absolute Gasteiger partial charge is 1.00 e. The molecule has 0 aromatic heterocycles. The summed E-state index contributed by atoms with van der Waals surface area (Å²) in [6.07, 6.45) is 16.8. The van der Waals surface area contributed by atoms with E-state index in [1.54, 1.807) is 23.3 Å². The molecule has 0 amide bonds. The fourth-order valence-corrected chi connectivity index (χ4v) is 9.49. The Morgan fingerprint density at radius 1 is 0.464 bits per heavy atom. The number of rotatable bonds is 6. The predicted octanol–water partition coefficient (Wildman–Crippen LogP) is 9.34. The molecule has 4 heteroatoms. The van der Waals surface area contributed by atoms with Crippen LogP contribution in [0, 0.1) is 53.4 Å². The monoisotopic (exact) mass is 876 g/mol. The normalized spacial score (nSPS) is 14.6. The number of benzene rings is 4. The van der Waals surface area contributed by atoms with Crippen LogP contribution in [0.5, 0.6) is 0 Å². The number of aryl methyl sites for hydroxylation is 6. The van der Waals surface area contributed by atoms with E-state index in [9.17, 15) is 0 Å². The van der Waals surface area contributed by atoms with Crippen LogP contribution >= 0.6 is 0 Å². The zero-order chi connectivity index (χ0) is 38.4. The van der Waals surface area contributed by atoms with Gasteiger partial charge in [-0.25, -0.2) is 0 Å². The fraction of sp³-hybridized carbons (Fsp3) is 0.423. The molecule has 6 aromatic carbocycles. The van der Waals surface area contributed by atoms with Crippen LogP contribution in [0.25, 0.3) is 43.8 Å². The Morgan fingerprint density at radius 2 is 0.768 bits per heavy atom. The molecule has 2 fully saturated rings. The molecule has 2 aliphatic rings. The van der Waals surface area contributed by atoms with Crippen LogP contribution in [0.2, 0.25) is 13.1 Å². The first-order valence-electron chi connectivity index (χ1n) is 21.0. The van der Waals surface area contributed by atoms with Crippen molar-refractivity contribution in [1.29, 1.82) is 0 Å². The predicted molar refractivity (Wildman–Crippen MR) is 236 cm³/mol. The van der Waals surface area contributed by atoms with Gasteiger partial charge in [0.2, 0.25) is 0 Å². The summed E-state index contributed by atoms with van der Waals surface area (Å²) in [5.74, 6) is 1.80. The molecule has 0 saturated heterocycles. The van der Waals surface area contributed by atoms with Crippen LogP contribution in [-0.2, 0) is 36.2 Å². The molecule has 0 N–H and O–H groups in total. The molecule has 8 rings (SSSR count). The van der Waals surface area contributed by atoms with E-state index in [1.165, 1.54) is 165 Å². The first kappa shape index (κ1) is 46.5. The second-order valence-electron chi connectivity index (χ2n) is 17.5. The molecule has 0 heterocycles. The number of hydrogen-bond acceptors (Lipinski definition) is 0. The molecule has 0 aliphatic heterocycles. The number of halogens is 2. The topological polar surface area (TPSA) is 0 Å². The summed E-state index contributed by atoms with van der Waals surface area (Å²) in [6, 6.07) is 33.1. The van der Waals surface area contributed by atoms with Gasteiger partial charge < -0.3 is 24.8 Å². The van der Waals surface area contributed by atoms with Gasteiger partial charge >= 0.3 is 41.9 Å². The van der Waals surface area contributed by atoms with Gasteiger partial charge in [-0.1, -0.05) is 157 Å². The summed E-state index contributed by atoms with van der Waals surface area (Å²) < 4.78 is 0. The average Bonchev–Trinajstić information content (AvgIpc) is 3.70. The SMILES string of the molecule is C[Si](C)=[Zr+2].Cc1cc(C)cc(-c2cc(C)cc3[cH-]c(CC4CCCCC4)cc23)c1.Cc1cc(C)cc(-c2cc(C)cc3[cH-]c(CC4CCCCC4)cc23)c1.[Cl-].[Cl-]. The smallest absolute Gasteiger partial charge is 0.0274 e. The average molecular weight is 879 g/mol. The van der Waals surface area contributed by atoms with E-state index < -0.39 is 0 Å². The van der Waals surface area contributed by atoms with Crippen LogP contribution in [0.4, 0.5) is 0 Å². The minimum Gasteiger partial charge on any atom is -1.00 e. The Kier molecular flexibility index (Phi) is 18.0. The van der Waals surface area contributed by atoms with E-state index >= 15 is 0 Å². The Labute approximate surface area is 367 Å². The summed E-state index contributed by atoms with van der Waals surface area (Å²) in [5, 5.41) is 5.70. The van der Waals surface area contributed by atoms with Crippen LogP contribution in [0.15, 0.2) is 84.9 Å². The summed E-state index contributed by atoms with van der Waals surface area (Å²) in [5.41, 5.74) is 16.9. The van der Waals surface area contributed by atoms with Crippen molar-refractivity contribution in [2.45, 2.75) is 132 Å². The summed E-state index contributed by atoms with van der Waals surface area (Å²) in [7, 11) is 0. The van der Waals surface area contributed by atoms with Crippen LogP contribution in [0.3, 0.4) is 0 Å². The van der Waals surface area contributed by atoms with Crippen LogP contribution in [0.1, 0.15) is 109 Å². The first-order valence-corrected chi connectivity index (χ1v) is 27.2. The minimum absolute atomic E-state index is 0. The van der Waals surface area contributed by atoms with Gasteiger partial charge in [0.25, 0.3) is 0 Å². The minimum atomic E-state index is 0. The standard InChI is InChI=1S/2C25H29.C2H6Si.2ClH.Zr/c2*1-17-9-18(2)11-22(10-17)24-13-19(3)12-23-15-21(16-25(23)24)14-20-7-5-4-6-8-20;1-3-2;;;/h2*9-13,15-16,20H,4-8,14H2,1-3H3;1-2H3;2*1H;/q2*-1;;;;+2/p-2. The second kappa shape index (κ2) is 21.7. The van der Waals surface area contributed by atoms with Crippen molar-refractivity contribution in [1.82, 2.24) is 0 Å². The van der Waals surface area contributed by atoms with Crippen molar-refractivity contribution in [3.8, 4) is 22.3 Å². The van der Waals surface area contributed by atoms with E-state index in [0.29, 0.717) is 0 Å². The van der Waals surface area contributed by atoms with Gasteiger partial charge in [0, 0.05) is 0 Å². The van der Waals surface area contributed by atoms with E-state index in [-0.39, 0.29) is 30.2 Å². The van der Waals surface area contributed by atoms with Gasteiger partial charge in [0.1, 0.15) is 0 Å². The molecule has 0 spiro atoms. The molecule has 56 heavy (non-hydrogen) atoms. The van der Waals surface area contributed by atoms with E-state index in [0.717, 1.165) is 11.8 Å². The van der Waals surface area contributed by atoms with Crippen molar-refractivity contribution in [2.75, 3.05) is 0 Å². The Morgan fingerprint density at radius 3 is 1.09 bits per heavy atom. The third-order valence-corrected chi connectivity index (χ3v) is 11.6. The van der Waals surface area contributed by atoms with Gasteiger partial charge in [-0.2, -0.15) is 12.1 Å². The Balaban J connectivity index is 0.000000220. The summed E-state index contributed by atoms with van der Waals surface area (Å²) in [6.45, 7) is 17.8. The Bertz CT molecular complexity index is 2010. The molecular weight excluding hydrogens is 815 g/mol. The van der Waals surface area contributed by atoms with Crippen LogP contribution in [-0.4, -0.2) is 5.43 Å². The van der Waals surface area contributed by atoms with E-state index in [4.69, 9.17) is 0 Å². The van der Waals surface area contributed by atoms with Gasteiger partial charge in [-0.05, 0) is 77.3 Å². The molecule has 296 valence electrons. The maximum Gasteiger partial charge on any atom is -0.0274 e. The maximum atomic E-state index is 2.47. The van der Waals surface area contributed by atoms with E-state index in [2.05, 4.69) is 140 Å². The molecule has 0 atom stereocenters. The zero-order valence-corrected chi connectivity index (χ0v) is 40.4. The molecule has 6 aromatic rings. The quantitative estimate of drug-likeness (QED) is 0.116. The van der Waals surface area contributed by atoms with Gasteiger partial charge in [0.05, 0.1) is 0 Å². The van der Waals surface area contributed by atoms with Gasteiger partial charge in [0.15, 0.2) is 0 Å². The van der Waals surface area contributed by atoms with Gasteiger partial charge in [-0.15, -0.1) is 56.9 Å². The molecule has 2 aliphatic carbocycles. The summed E-state index contributed by atoms with van der Waals surface area (Å²) in [4.78, 5) is 0. The van der Waals surface area contributed by atoms with Crippen molar-refractivity contribution in [2.24, 2.45) is 11.8 Å². The summed E-state index contributed by atoms with van der Waals surface area (Å²) >= 11 is 1.74. The van der Waals surface area contributed by atoms with Crippen LogP contribution < -0.4 is 24.8 Å². The maximum absolute atomic E-state index is 2.47. The third kappa shape index (κ3) is 12.9. The van der Waals surface area contributed by atoms with Crippen molar-refractivity contribution >= 4 is 27.0 Å². The first-order chi connectivity index (χ1) is 25.9. The van der Waals surface area contributed by atoms with Crippen molar-refractivity contribution < 1.29 is 48.1 Å². The molecule has 2 saturated carbocycles. The molecule has 0 nitrogen and oxygen atoms in total. The Hall–Kier alpha value is -2.22. The molecule has 0 unspecified atom stereocenters. The number of fused-ring (bicyclic) bond motifs is 2. The fourth-order valence-electron chi connectivity index (χ4n) is 9.49.